The molecule has 0 radical (unpaired) electrons. The second-order valence-corrected chi connectivity index (χ2v) is 12.6. The number of aromatic nitrogens is 1. The van der Waals surface area contributed by atoms with Crippen LogP contribution in [0.25, 0.3) is 65.7 Å². The van der Waals surface area contributed by atoms with Crippen LogP contribution in [0.2, 0.25) is 0 Å². The first-order chi connectivity index (χ1) is 25.6. The van der Waals surface area contributed by atoms with Crippen molar-refractivity contribution in [2.45, 2.75) is 0 Å². The van der Waals surface area contributed by atoms with Gasteiger partial charge in [-0.3, -0.25) is 9.59 Å². The molecule has 0 N–H and O–H groups in total. The maximum Gasteiger partial charge on any atom is 0.268 e. The van der Waals surface area contributed by atoms with Gasteiger partial charge in [-0.2, -0.15) is 5.26 Å². The molecule has 0 aliphatic carbocycles. The summed E-state index contributed by atoms with van der Waals surface area (Å²) in [6.45, 7) is 7.49. The van der Waals surface area contributed by atoms with E-state index in [1.165, 1.54) is 4.90 Å². The summed E-state index contributed by atoms with van der Waals surface area (Å²) in [6, 6.07) is 52.2. The Morgan fingerprint density at radius 3 is 1.65 bits per heavy atom. The molecule has 6 nitrogen and oxygen atoms in total. The standard InChI is InChI=1S/C46H26N4O2/c1-48-33-26-24-32(25-27-33)36-14-8-16-38-37-15-7-13-35(31-22-20-29(28-47)21-23-31)43(37)49(44(36)38)41-19-9-17-39-42(41)46(52)50(45(39)51)40-18-6-5-12-34(40)30-10-3-2-4-11-30/h2-27H. The minimum atomic E-state index is -0.399. The maximum absolute atomic E-state index is 14.9. The molecule has 0 saturated carbocycles. The predicted molar refractivity (Wildman–Crippen MR) is 206 cm³/mol. The van der Waals surface area contributed by atoms with Gasteiger partial charge in [0.1, 0.15) is 0 Å². The molecule has 242 valence electrons. The van der Waals surface area contributed by atoms with E-state index in [1.807, 2.05) is 115 Å². The Morgan fingerprint density at radius 2 is 1.02 bits per heavy atom. The quantitative estimate of drug-likeness (QED) is 0.136. The van der Waals surface area contributed by atoms with Gasteiger partial charge in [0.25, 0.3) is 11.8 Å². The Kier molecular flexibility index (Phi) is 7.10. The van der Waals surface area contributed by atoms with Crippen molar-refractivity contribution >= 4 is 45.0 Å². The third kappa shape index (κ3) is 4.64. The fraction of sp³-hybridized carbons (Fsp3) is 0. The molecule has 0 saturated heterocycles. The summed E-state index contributed by atoms with van der Waals surface area (Å²) in [5.41, 5.74) is 9.91. The van der Waals surface area contributed by atoms with Crippen LogP contribution >= 0.6 is 0 Å². The predicted octanol–water partition coefficient (Wildman–Crippen LogP) is 11.0. The van der Waals surface area contributed by atoms with Crippen molar-refractivity contribution in [2.75, 3.05) is 4.90 Å². The SMILES string of the molecule is [C-]#[N+]c1ccc(-c2cccc3c4cccc(-c5ccc(C#N)cc5)c4n(-c4cccc5c4C(=O)N(c4ccccc4-c4ccccc4)C5=O)c23)cc1. The number of nitrogens with zero attached hydrogens (tertiary/aromatic N) is 4. The third-order valence-electron chi connectivity index (χ3n) is 9.81. The van der Waals surface area contributed by atoms with Crippen LogP contribution in [-0.4, -0.2) is 16.4 Å². The average molecular weight is 667 g/mol. The first-order valence-electron chi connectivity index (χ1n) is 16.8. The zero-order valence-electron chi connectivity index (χ0n) is 27.6. The number of amides is 2. The normalized spacial score (nSPS) is 12.2. The highest BCUT2D eigenvalue weighted by Crippen LogP contribution is 2.45. The van der Waals surface area contributed by atoms with E-state index in [1.54, 1.807) is 30.3 Å². The number of carbonyl (C=O) groups is 2. The van der Waals surface area contributed by atoms with Crippen LogP contribution in [0.1, 0.15) is 26.3 Å². The molecule has 7 aromatic carbocycles. The molecule has 0 bridgehead atoms. The zero-order valence-corrected chi connectivity index (χ0v) is 27.6. The molecule has 0 atom stereocenters. The second kappa shape index (κ2) is 12.1. The number of anilines is 1. The third-order valence-corrected chi connectivity index (χ3v) is 9.81. The number of imide groups is 1. The lowest BCUT2D eigenvalue weighted by atomic mass is 9.99. The van der Waals surface area contributed by atoms with E-state index in [-0.39, 0.29) is 5.91 Å². The minimum Gasteiger partial charge on any atom is -0.307 e. The van der Waals surface area contributed by atoms with Crippen molar-refractivity contribution in [3.05, 3.63) is 186 Å². The van der Waals surface area contributed by atoms with E-state index in [0.717, 1.165) is 55.2 Å². The summed E-state index contributed by atoms with van der Waals surface area (Å²) in [5, 5.41) is 11.5. The molecule has 8 aromatic rings. The summed E-state index contributed by atoms with van der Waals surface area (Å²) >= 11 is 0. The van der Waals surface area contributed by atoms with Gasteiger partial charge in [-0.15, -0.1) is 0 Å². The minimum absolute atomic E-state index is 0.321. The van der Waals surface area contributed by atoms with Gasteiger partial charge in [0.15, 0.2) is 5.69 Å². The Hall–Kier alpha value is -7.54. The zero-order chi connectivity index (χ0) is 35.3. The molecule has 1 aliphatic heterocycles. The molecule has 2 heterocycles. The highest BCUT2D eigenvalue weighted by atomic mass is 16.2. The van der Waals surface area contributed by atoms with E-state index in [2.05, 4.69) is 27.6 Å². The van der Waals surface area contributed by atoms with Crippen LogP contribution in [-0.2, 0) is 0 Å². The molecule has 2 amide bonds. The van der Waals surface area contributed by atoms with E-state index < -0.39 is 5.91 Å². The van der Waals surface area contributed by atoms with Crippen molar-refractivity contribution in [1.82, 2.24) is 4.57 Å². The van der Waals surface area contributed by atoms with Crippen LogP contribution < -0.4 is 4.90 Å². The Bertz CT molecular complexity index is 2720. The lowest BCUT2D eigenvalue weighted by molar-refractivity contribution is 0.0926. The molecule has 52 heavy (non-hydrogen) atoms. The van der Waals surface area contributed by atoms with Crippen LogP contribution in [0.5, 0.6) is 0 Å². The molecule has 0 unspecified atom stereocenters. The van der Waals surface area contributed by atoms with Crippen LogP contribution in [0.15, 0.2) is 158 Å². The first-order valence-corrected chi connectivity index (χ1v) is 16.8. The summed E-state index contributed by atoms with van der Waals surface area (Å²) < 4.78 is 2.12. The lowest BCUT2D eigenvalue weighted by Gasteiger charge is -2.19. The number of para-hydroxylation sites is 3. The molecule has 0 fully saturated rings. The summed E-state index contributed by atoms with van der Waals surface area (Å²) in [4.78, 5) is 34.1. The second-order valence-electron chi connectivity index (χ2n) is 12.6. The average Bonchev–Trinajstić information content (AvgIpc) is 3.69. The van der Waals surface area contributed by atoms with Gasteiger partial charge in [-0.05, 0) is 47.0 Å². The van der Waals surface area contributed by atoms with Crippen molar-refractivity contribution < 1.29 is 9.59 Å². The molecular formula is C46H26N4O2. The number of hydrogen-bond donors (Lipinski definition) is 0. The molecule has 1 aliphatic rings. The Balaban J connectivity index is 1.35. The van der Waals surface area contributed by atoms with Crippen molar-refractivity contribution in [3.63, 3.8) is 0 Å². The summed E-state index contributed by atoms with van der Waals surface area (Å²) in [6.07, 6.45) is 0. The monoisotopic (exact) mass is 666 g/mol. The Morgan fingerprint density at radius 1 is 0.500 bits per heavy atom. The maximum atomic E-state index is 14.9. The van der Waals surface area contributed by atoms with Crippen LogP contribution in [0, 0.1) is 17.9 Å². The first kappa shape index (κ1) is 30.5. The Labute approximate surface area is 299 Å². The highest BCUT2D eigenvalue weighted by Gasteiger charge is 2.40. The largest absolute Gasteiger partial charge is 0.307 e. The number of rotatable bonds is 5. The summed E-state index contributed by atoms with van der Waals surface area (Å²) in [5.74, 6) is -0.781. The van der Waals surface area contributed by atoms with E-state index in [9.17, 15) is 14.9 Å². The van der Waals surface area contributed by atoms with Crippen molar-refractivity contribution in [3.8, 4) is 45.1 Å². The molecule has 9 rings (SSSR count). The highest BCUT2D eigenvalue weighted by molar-refractivity contribution is 6.36. The number of fused-ring (bicyclic) bond motifs is 4. The molecular weight excluding hydrogens is 641 g/mol. The van der Waals surface area contributed by atoms with Crippen LogP contribution in [0.3, 0.4) is 0 Å². The molecule has 1 aromatic heterocycles. The lowest BCUT2D eigenvalue weighted by Crippen LogP contribution is -2.30. The van der Waals surface area contributed by atoms with Crippen LogP contribution in [0.4, 0.5) is 11.4 Å². The molecule has 0 spiro atoms. The number of hydrogen-bond acceptors (Lipinski definition) is 3. The van der Waals surface area contributed by atoms with Gasteiger partial charge >= 0.3 is 0 Å². The van der Waals surface area contributed by atoms with Gasteiger partial charge < -0.3 is 4.57 Å². The van der Waals surface area contributed by atoms with E-state index >= 15 is 0 Å². The van der Waals surface area contributed by atoms with Gasteiger partial charge in [0, 0.05) is 27.5 Å². The van der Waals surface area contributed by atoms with E-state index in [0.29, 0.717) is 33.8 Å². The van der Waals surface area contributed by atoms with Gasteiger partial charge in [0.2, 0.25) is 0 Å². The van der Waals surface area contributed by atoms with Crippen molar-refractivity contribution in [1.29, 1.82) is 5.26 Å². The molecule has 6 heteroatoms. The van der Waals surface area contributed by atoms with E-state index in [4.69, 9.17) is 6.57 Å². The fourth-order valence-electron chi connectivity index (χ4n) is 7.47. The van der Waals surface area contributed by atoms with Crippen molar-refractivity contribution in [2.24, 2.45) is 0 Å². The van der Waals surface area contributed by atoms with Gasteiger partial charge in [0.05, 0.1) is 51.7 Å². The number of nitriles is 1. The smallest absolute Gasteiger partial charge is 0.268 e. The van der Waals surface area contributed by atoms with Gasteiger partial charge in [-0.25, -0.2) is 9.74 Å². The van der Waals surface area contributed by atoms with Gasteiger partial charge in [-0.1, -0.05) is 127 Å². The number of benzene rings is 7. The summed E-state index contributed by atoms with van der Waals surface area (Å²) in [7, 11) is 0. The fourth-order valence-corrected chi connectivity index (χ4v) is 7.47. The number of carbonyl (C=O) groups excluding carboxylic acids is 2. The topological polar surface area (TPSA) is 70.5 Å².